The van der Waals surface area contributed by atoms with Gasteiger partial charge in [-0.2, -0.15) is 0 Å². The molecular weight excluding hydrogens is 233 g/mol. The van der Waals surface area contributed by atoms with Crippen LogP contribution in [0, 0.1) is 0 Å². The molecule has 2 aromatic rings. The van der Waals surface area contributed by atoms with E-state index in [2.05, 4.69) is 9.97 Å². The molecular formula is C10H7Cl2N3. The van der Waals surface area contributed by atoms with E-state index in [1.807, 2.05) is 12.1 Å². The van der Waals surface area contributed by atoms with Crippen molar-refractivity contribution in [1.82, 2.24) is 9.97 Å². The van der Waals surface area contributed by atoms with E-state index < -0.39 is 0 Å². The van der Waals surface area contributed by atoms with E-state index in [1.54, 1.807) is 30.6 Å². The van der Waals surface area contributed by atoms with Crippen molar-refractivity contribution in [2.75, 3.05) is 4.42 Å². The lowest BCUT2D eigenvalue weighted by molar-refractivity contribution is 1.19. The number of aromatic nitrogens is 2. The summed E-state index contributed by atoms with van der Waals surface area (Å²) in [7, 11) is 0. The summed E-state index contributed by atoms with van der Waals surface area (Å²) >= 11 is 12.0. The maximum Gasteiger partial charge on any atom is 0.168 e. The maximum absolute atomic E-state index is 6.06. The molecule has 0 aliphatic rings. The van der Waals surface area contributed by atoms with Crippen LogP contribution in [-0.2, 0) is 0 Å². The zero-order valence-electron chi connectivity index (χ0n) is 7.64. The Labute approximate surface area is 97.4 Å². The number of hydrogen-bond acceptors (Lipinski definition) is 3. The number of hydrogen-bond donors (Lipinski definition) is 0. The first-order valence-corrected chi connectivity index (χ1v) is 4.98. The van der Waals surface area contributed by atoms with Gasteiger partial charge in [0.05, 0.1) is 5.02 Å². The van der Waals surface area contributed by atoms with E-state index in [9.17, 15) is 0 Å². The predicted molar refractivity (Wildman–Crippen MR) is 61.5 cm³/mol. The molecule has 0 bridgehead atoms. The standard InChI is InChI=1S/C10H7Cl2N3/c11-8-4-3-7-14-10(8)15(12)9-5-1-2-6-13-9/h1-7H. The molecule has 5 heteroatoms. The molecule has 0 N–H and O–H groups in total. The fourth-order valence-electron chi connectivity index (χ4n) is 1.10. The summed E-state index contributed by atoms with van der Waals surface area (Å²) < 4.78 is 1.32. The number of halogens is 2. The molecule has 0 spiro atoms. The average molecular weight is 240 g/mol. The number of anilines is 2. The second-order valence-corrected chi connectivity index (χ2v) is 3.52. The SMILES string of the molecule is Clc1cccnc1N(Cl)c1ccccn1. The van der Waals surface area contributed by atoms with Crippen LogP contribution in [-0.4, -0.2) is 9.97 Å². The Bertz CT molecular complexity index is 447. The van der Waals surface area contributed by atoms with E-state index in [4.69, 9.17) is 23.4 Å². The second-order valence-electron chi connectivity index (χ2n) is 2.78. The lowest BCUT2D eigenvalue weighted by atomic mass is 10.4. The summed E-state index contributed by atoms with van der Waals surface area (Å²) in [6.07, 6.45) is 3.28. The molecule has 0 aliphatic heterocycles. The Morgan fingerprint density at radius 3 is 2.47 bits per heavy atom. The van der Waals surface area contributed by atoms with Gasteiger partial charge >= 0.3 is 0 Å². The Balaban J connectivity index is 2.37. The smallest absolute Gasteiger partial charge is 0.168 e. The van der Waals surface area contributed by atoms with Gasteiger partial charge in [-0.1, -0.05) is 17.7 Å². The van der Waals surface area contributed by atoms with Crippen LogP contribution in [0.2, 0.25) is 5.02 Å². The third kappa shape index (κ3) is 2.19. The van der Waals surface area contributed by atoms with E-state index in [1.165, 1.54) is 4.42 Å². The van der Waals surface area contributed by atoms with Gasteiger partial charge in [0.1, 0.15) is 5.82 Å². The van der Waals surface area contributed by atoms with Crippen molar-refractivity contribution in [2.45, 2.75) is 0 Å². The summed E-state index contributed by atoms with van der Waals surface area (Å²) in [4.78, 5) is 8.17. The van der Waals surface area contributed by atoms with E-state index >= 15 is 0 Å². The topological polar surface area (TPSA) is 29.0 Å². The average Bonchev–Trinajstić information content (AvgIpc) is 2.30. The highest BCUT2D eigenvalue weighted by atomic mass is 35.5. The molecule has 2 rings (SSSR count). The summed E-state index contributed by atoms with van der Waals surface area (Å²) in [5, 5.41) is 0.484. The molecule has 0 saturated carbocycles. The highest BCUT2D eigenvalue weighted by molar-refractivity contribution is 6.36. The summed E-state index contributed by atoms with van der Waals surface area (Å²) in [5.74, 6) is 1.05. The second kappa shape index (κ2) is 4.47. The molecule has 2 heterocycles. The minimum atomic E-state index is 0.472. The van der Waals surface area contributed by atoms with E-state index in [0.717, 1.165) is 0 Å². The largest absolute Gasteiger partial charge is 0.238 e. The molecule has 2 aromatic heterocycles. The normalized spacial score (nSPS) is 10.0. The van der Waals surface area contributed by atoms with Gasteiger partial charge in [-0.25, -0.2) is 14.4 Å². The van der Waals surface area contributed by atoms with Gasteiger partial charge < -0.3 is 0 Å². The maximum atomic E-state index is 6.06. The highest BCUT2D eigenvalue weighted by Gasteiger charge is 2.11. The van der Waals surface area contributed by atoms with Crippen LogP contribution in [0.15, 0.2) is 42.7 Å². The van der Waals surface area contributed by atoms with E-state index in [0.29, 0.717) is 16.7 Å². The fraction of sp³-hybridized carbons (Fsp3) is 0. The number of nitrogens with zero attached hydrogens (tertiary/aromatic N) is 3. The van der Waals surface area contributed by atoms with Crippen LogP contribution in [0.5, 0.6) is 0 Å². The predicted octanol–water partition coefficient (Wildman–Crippen LogP) is 3.42. The summed E-state index contributed by atoms with van der Waals surface area (Å²) in [6.45, 7) is 0. The Morgan fingerprint density at radius 2 is 1.80 bits per heavy atom. The first kappa shape index (κ1) is 10.2. The number of rotatable bonds is 2. The van der Waals surface area contributed by atoms with Crippen LogP contribution in [0.4, 0.5) is 11.6 Å². The van der Waals surface area contributed by atoms with Gasteiger partial charge in [-0.15, -0.1) is 0 Å². The third-order valence-electron chi connectivity index (χ3n) is 1.78. The van der Waals surface area contributed by atoms with Crippen LogP contribution >= 0.6 is 23.4 Å². The van der Waals surface area contributed by atoms with Gasteiger partial charge in [0.2, 0.25) is 0 Å². The van der Waals surface area contributed by atoms with Crippen molar-refractivity contribution in [1.29, 1.82) is 0 Å². The Hall–Kier alpha value is -1.32. The summed E-state index contributed by atoms with van der Waals surface area (Å²) in [5.41, 5.74) is 0. The van der Waals surface area contributed by atoms with Crippen molar-refractivity contribution < 1.29 is 0 Å². The molecule has 0 fully saturated rings. The van der Waals surface area contributed by atoms with Gasteiger partial charge in [0, 0.05) is 24.2 Å². The monoisotopic (exact) mass is 239 g/mol. The van der Waals surface area contributed by atoms with Crippen LogP contribution in [0.25, 0.3) is 0 Å². The molecule has 3 nitrogen and oxygen atoms in total. The summed E-state index contributed by atoms with van der Waals surface area (Å²) in [6, 6.07) is 8.90. The minimum Gasteiger partial charge on any atom is -0.238 e. The zero-order valence-corrected chi connectivity index (χ0v) is 9.15. The molecule has 76 valence electrons. The van der Waals surface area contributed by atoms with Gasteiger partial charge in [-0.05, 0) is 24.3 Å². The van der Waals surface area contributed by atoms with Gasteiger partial charge in [-0.3, -0.25) is 0 Å². The van der Waals surface area contributed by atoms with Gasteiger partial charge in [0.25, 0.3) is 0 Å². The molecule has 0 unspecified atom stereocenters. The molecule has 0 amide bonds. The molecule has 0 radical (unpaired) electrons. The first-order chi connectivity index (χ1) is 7.29. The highest BCUT2D eigenvalue weighted by Crippen LogP contribution is 2.29. The van der Waals surface area contributed by atoms with Crippen molar-refractivity contribution in [3.8, 4) is 0 Å². The lowest BCUT2D eigenvalue weighted by Crippen LogP contribution is -2.05. The molecule has 0 atom stereocenters. The van der Waals surface area contributed by atoms with Crippen molar-refractivity contribution in [3.63, 3.8) is 0 Å². The third-order valence-corrected chi connectivity index (χ3v) is 2.40. The Morgan fingerprint density at radius 1 is 1.00 bits per heavy atom. The molecule has 15 heavy (non-hydrogen) atoms. The molecule has 0 aliphatic carbocycles. The van der Waals surface area contributed by atoms with Crippen LogP contribution < -0.4 is 4.42 Å². The van der Waals surface area contributed by atoms with Gasteiger partial charge in [0.15, 0.2) is 5.82 Å². The van der Waals surface area contributed by atoms with Crippen LogP contribution in [0.3, 0.4) is 0 Å². The quantitative estimate of drug-likeness (QED) is 0.753. The lowest BCUT2D eigenvalue weighted by Gasteiger charge is -2.13. The zero-order chi connectivity index (χ0) is 10.7. The first-order valence-electron chi connectivity index (χ1n) is 4.26. The Kier molecular flexibility index (Phi) is 3.04. The van der Waals surface area contributed by atoms with Crippen molar-refractivity contribution in [2.24, 2.45) is 0 Å². The van der Waals surface area contributed by atoms with Crippen molar-refractivity contribution in [3.05, 3.63) is 47.7 Å². The van der Waals surface area contributed by atoms with E-state index in [-0.39, 0.29) is 0 Å². The molecule has 0 aromatic carbocycles. The number of pyridine rings is 2. The van der Waals surface area contributed by atoms with Crippen molar-refractivity contribution >= 4 is 35.0 Å². The van der Waals surface area contributed by atoms with Crippen LogP contribution in [0.1, 0.15) is 0 Å². The molecule has 0 saturated heterocycles. The fourth-order valence-corrected chi connectivity index (χ4v) is 1.58. The minimum absolute atomic E-state index is 0.472.